The first-order valence-corrected chi connectivity index (χ1v) is 8.06. The van der Waals surface area contributed by atoms with Gasteiger partial charge in [-0.3, -0.25) is 19.0 Å². The third kappa shape index (κ3) is 3.61. The summed E-state index contributed by atoms with van der Waals surface area (Å²) >= 11 is 0. The van der Waals surface area contributed by atoms with E-state index in [1.165, 1.54) is 17.6 Å². The quantitative estimate of drug-likeness (QED) is 0.830. The molecule has 0 saturated carbocycles. The van der Waals surface area contributed by atoms with Crippen molar-refractivity contribution in [1.29, 1.82) is 0 Å². The molecule has 1 fully saturated rings. The molecule has 2 atom stereocenters. The number of benzene rings is 1. The molecule has 7 heteroatoms. The molecule has 3 N–H and O–H groups in total. The lowest BCUT2D eigenvalue weighted by Gasteiger charge is -2.16. The van der Waals surface area contributed by atoms with Gasteiger partial charge in [-0.2, -0.15) is 0 Å². The Hall–Kier alpha value is -2.93. The third-order valence-electron chi connectivity index (χ3n) is 4.36. The smallest absolute Gasteiger partial charge is 0.255 e. The first kappa shape index (κ1) is 16.9. The zero-order valence-corrected chi connectivity index (χ0v) is 13.9. The summed E-state index contributed by atoms with van der Waals surface area (Å²) in [6.07, 6.45) is 1.67. The Morgan fingerprint density at radius 3 is 2.44 bits per heavy atom. The van der Waals surface area contributed by atoms with E-state index in [-0.39, 0.29) is 29.5 Å². The Morgan fingerprint density at radius 1 is 1.12 bits per heavy atom. The van der Waals surface area contributed by atoms with Gasteiger partial charge in [-0.25, -0.2) is 0 Å². The van der Waals surface area contributed by atoms with Crippen molar-refractivity contribution in [1.82, 2.24) is 14.8 Å². The summed E-state index contributed by atoms with van der Waals surface area (Å²) in [5, 5.41) is 2.87. The van der Waals surface area contributed by atoms with Gasteiger partial charge in [-0.15, -0.1) is 0 Å². The fraction of sp³-hybridized carbons (Fsp3) is 0.278. The van der Waals surface area contributed by atoms with Crippen LogP contribution in [0.3, 0.4) is 0 Å². The number of hydrogen-bond acceptors (Lipinski definition) is 4. The normalized spacial score (nSPS) is 19.7. The number of hydrogen-bond donors (Lipinski definition) is 2. The van der Waals surface area contributed by atoms with Gasteiger partial charge in [-0.1, -0.05) is 6.07 Å². The number of pyridine rings is 1. The van der Waals surface area contributed by atoms with E-state index in [0.717, 1.165) is 0 Å². The summed E-state index contributed by atoms with van der Waals surface area (Å²) in [4.78, 5) is 37.3. The van der Waals surface area contributed by atoms with Gasteiger partial charge in [0.15, 0.2) is 0 Å². The van der Waals surface area contributed by atoms with Crippen molar-refractivity contribution in [2.24, 2.45) is 5.73 Å². The molecular formula is C18H20N4O3. The van der Waals surface area contributed by atoms with Crippen LogP contribution in [0, 0.1) is 0 Å². The molecule has 1 aromatic heterocycles. The number of carbonyl (C=O) groups excluding carboxylic acids is 2. The molecule has 3 rings (SSSR count). The maximum Gasteiger partial charge on any atom is 0.255 e. The van der Waals surface area contributed by atoms with Crippen LogP contribution < -0.4 is 16.6 Å². The Labute approximate surface area is 145 Å². The van der Waals surface area contributed by atoms with Crippen molar-refractivity contribution < 1.29 is 9.59 Å². The summed E-state index contributed by atoms with van der Waals surface area (Å²) in [5.74, 6) is -0.303. The third-order valence-corrected chi connectivity index (χ3v) is 4.36. The number of rotatable bonds is 3. The molecule has 1 aliphatic rings. The highest BCUT2D eigenvalue weighted by molar-refractivity contribution is 5.94. The van der Waals surface area contributed by atoms with Gasteiger partial charge in [0, 0.05) is 49.6 Å². The van der Waals surface area contributed by atoms with Gasteiger partial charge < -0.3 is 16.0 Å². The molecule has 2 heterocycles. The van der Waals surface area contributed by atoms with E-state index < -0.39 is 0 Å². The molecule has 0 radical (unpaired) electrons. The average molecular weight is 340 g/mol. The maximum atomic E-state index is 12.4. The van der Waals surface area contributed by atoms with Crippen LogP contribution in [0.5, 0.6) is 0 Å². The van der Waals surface area contributed by atoms with Crippen LogP contribution in [-0.2, 0) is 4.79 Å². The van der Waals surface area contributed by atoms with Crippen molar-refractivity contribution in [3.05, 3.63) is 64.6 Å². The van der Waals surface area contributed by atoms with Gasteiger partial charge >= 0.3 is 0 Å². The summed E-state index contributed by atoms with van der Waals surface area (Å²) in [6.45, 7) is 2.34. The second kappa shape index (κ2) is 6.90. The predicted octanol–water partition coefficient (Wildman–Crippen LogP) is 0.125. The minimum atomic E-state index is -0.282. The standard InChI is InChI=1S/C18H20N4O3/c1-12(23)21-10-15(19)16(11-21)20-18(25)13-5-7-14(8-6-13)22-9-3-2-4-17(22)24/h2-9,15-16H,10-11,19H2,1H3,(H,20,25). The molecule has 130 valence electrons. The molecule has 0 bridgehead atoms. The molecule has 2 aromatic rings. The molecule has 0 spiro atoms. The number of nitrogens with two attached hydrogens (primary N) is 1. The topological polar surface area (TPSA) is 97.4 Å². The fourth-order valence-electron chi connectivity index (χ4n) is 2.90. The van der Waals surface area contributed by atoms with E-state index in [2.05, 4.69) is 5.32 Å². The maximum absolute atomic E-state index is 12.4. The number of likely N-dealkylation sites (tertiary alicyclic amines) is 1. The molecule has 2 unspecified atom stereocenters. The fourth-order valence-corrected chi connectivity index (χ4v) is 2.90. The Kier molecular flexibility index (Phi) is 4.67. The number of nitrogens with zero attached hydrogens (tertiary/aromatic N) is 2. The molecule has 25 heavy (non-hydrogen) atoms. The van der Waals surface area contributed by atoms with Crippen molar-refractivity contribution in [2.75, 3.05) is 13.1 Å². The van der Waals surface area contributed by atoms with Crippen molar-refractivity contribution >= 4 is 11.8 Å². The van der Waals surface area contributed by atoms with Crippen LogP contribution in [0.15, 0.2) is 53.5 Å². The van der Waals surface area contributed by atoms with Crippen LogP contribution in [0.1, 0.15) is 17.3 Å². The molecule has 2 amide bonds. The van der Waals surface area contributed by atoms with Crippen LogP contribution >= 0.6 is 0 Å². The summed E-state index contributed by atoms with van der Waals surface area (Å²) in [7, 11) is 0. The van der Waals surface area contributed by atoms with Crippen LogP contribution in [0.2, 0.25) is 0 Å². The molecule has 0 aliphatic carbocycles. The zero-order valence-electron chi connectivity index (χ0n) is 13.9. The number of nitrogens with one attached hydrogen (secondary N) is 1. The lowest BCUT2D eigenvalue weighted by Crippen LogP contribution is -2.46. The summed E-state index contributed by atoms with van der Waals surface area (Å²) < 4.78 is 1.50. The van der Waals surface area contributed by atoms with Crippen molar-refractivity contribution in [3.8, 4) is 5.69 Å². The zero-order chi connectivity index (χ0) is 18.0. The van der Waals surface area contributed by atoms with Crippen molar-refractivity contribution in [3.63, 3.8) is 0 Å². The first-order chi connectivity index (χ1) is 12.0. The van der Waals surface area contributed by atoms with Crippen LogP contribution in [0.4, 0.5) is 0 Å². The molecule has 1 aromatic carbocycles. The number of amides is 2. The lowest BCUT2D eigenvalue weighted by molar-refractivity contribution is -0.127. The van der Waals surface area contributed by atoms with E-state index in [1.54, 1.807) is 47.5 Å². The predicted molar refractivity (Wildman–Crippen MR) is 93.5 cm³/mol. The van der Waals surface area contributed by atoms with E-state index in [1.807, 2.05) is 0 Å². The minimum Gasteiger partial charge on any atom is -0.346 e. The Balaban J connectivity index is 1.70. The Morgan fingerprint density at radius 2 is 1.84 bits per heavy atom. The lowest BCUT2D eigenvalue weighted by atomic mass is 10.1. The highest BCUT2D eigenvalue weighted by Crippen LogP contribution is 2.11. The second-order valence-electron chi connectivity index (χ2n) is 6.12. The highest BCUT2D eigenvalue weighted by Gasteiger charge is 2.32. The van der Waals surface area contributed by atoms with Gasteiger partial charge in [0.1, 0.15) is 0 Å². The summed E-state index contributed by atoms with van der Waals surface area (Å²) in [5.41, 5.74) is 7.02. The number of carbonyl (C=O) groups is 2. The SMILES string of the molecule is CC(=O)N1CC(N)C(NC(=O)c2ccc(-n3ccccc3=O)cc2)C1. The van der Waals surface area contributed by atoms with Gasteiger partial charge in [0.2, 0.25) is 5.91 Å². The number of aromatic nitrogens is 1. The molecule has 1 aliphatic heterocycles. The van der Waals surface area contributed by atoms with Gasteiger partial charge in [0.05, 0.1) is 6.04 Å². The van der Waals surface area contributed by atoms with Crippen LogP contribution in [-0.4, -0.2) is 46.5 Å². The average Bonchev–Trinajstić information content (AvgIpc) is 2.96. The van der Waals surface area contributed by atoms with Crippen molar-refractivity contribution in [2.45, 2.75) is 19.0 Å². The minimum absolute atomic E-state index is 0.0511. The van der Waals surface area contributed by atoms with E-state index in [4.69, 9.17) is 5.73 Å². The van der Waals surface area contributed by atoms with Gasteiger partial charge in [0.25, 0.3) is 11.5 Å². The molecule has 1 saturated heterocycles. The summed E-state index contributed by atoms with van der Waals surface area (Å²) in [6, 6.07) is 11.1. The van der Waals surface area contributed by atoms with E-state index in [0.29, 0.717) is 24.3 Å². The second-order valence-corrected chi connectivity index (χ2v) is 6.12. The highest BCUT2D eigenvalue weighted by atomic mass is 16.2. The largest absolute Gasteiger partial charge is 0.346 e. The molecule has 7 nitrogen and oxygen atoms in total. The van der Waals surface area contributed by atoms with Gasteiger partial charge in [-0.05, 0) is 30.3 Å². The van der Waals surface area contributed by atoms with E-state index >= 15 is 0 Å². The first-order valence-electron chi connectivity index (χ1n) is 8.06. The van der Waals surface area contributed by atoms with E-state index in [9.17, 15) is 14.4 Å². The van der Waals surface area contributed by atoms with Crippen LogP contribution in [0.25, 0.3) is 5.69 Å². The molecular weight excluding hydrogens is 320 g/mol. The monoisotopic (exact) mass is 340 g/mol. The Bertz CT molecular complexity index is 844.